The van der Waals surface area contributed by atoms with Crippen LogP contribution >= 0.6 is 0 Å². The van der Waals surface area contributed by atoms with Gasteiger partial charge in [-0.25, -0.2) is 0 Å². The van der Waals surface area contributed by atoms with Gasteiger partial charge in [-0.05, 0) is 77.8 Å². The van der Waals surface area contributed by atoms with Crippen molar-refractivity contribution in [2.45, 2.75) is 85.5 Å². The van der Waals surface area contributed by atoms with Gasteiger partial charge >= 0.3 is 0 Å². The molecule has 0 aliphatic rings. The second-order valence-electron chi connectivity index (χ2n) is 7.14. The summed E-state index contributed by atoms with van der Waals surface area (Å²) in [6.45, 7) is 15.1. The van der Waals surface area contributed by atoms with E-state index in [2.05, 4.69) is 37.5 Å². The predicted molar refractivity (Wildman–Crippen MR) is 107 cm³/mol. The summed E-state index contributed by atoms with van der Waals surface area (Å²) in [6, 6.07) is 0. The van der Waals surface area contributed by atoms with Gasteiger partial charge in [0.2, 0.25) is 0 Å². The summed E-state index contributed by atoms with van der Waals surface area (Å²) in [6.07, 6.45) is 7.61. The van der Waals surface area contributed by atoms with E-state index in [-0.39, 0.29) is 18.0 Å². The van der Waals surface area contributed by atoms with Crippen LogP contribution in [0, 0.1) is 0 Å². The number of carbonyl (C=O) groups is 2. The Morgan fingerprint density at radius 1 is 0.560 bits per heavy atom. The topological polar surface area (TPSA) is 40.6 Å². The van der Waals surface area contributed by atoms with Gasteiger partial charge in [0.1, 0.15) is 11.6 Å². The molecule has 0 rings (SSSR count). The number of rotatable bonds is 18. The summed E-state index contributed by atoms with van der Waals surface area (Å²) in [4.78, 5) is 28.8. The monoisotopic (exact) mass is 354 g/mol. The van der Waals surface area contributed by atoms with Crippen LogP contribution in [0.4, 0.5) is 0 Å². The van der Waals surface area contributed by atoms with Crippen molar-refractivity contribution in [3.63, 3.8) is 0 Å². The van der Waals surface area contributed by atoms with Gasteiger partial charge in [-0.2, -0.15) is 0 Å². The van der Waals surface area contributed by atoms with Gasteiger partial charge in [0.25, 0.3) is 0 Å². The van der Waals surface area contributed by atoms with Crippen LogP contribution in [0.5, 0.6) is 0 Å². The van der Waals surface area contributed by atoms with E-state index in [1.54, 1.807) is 0 Å². The summed E-state index contributed by atoms with van der Waals surface area (Å²) in [5.74, 6) is 0.244. The van der Waals surface area contributed by atoms with Gasteiger partial charge in [-0.1, -0.05) is 27.7 Å². The summed E-state index contributed by atoms with van der Waals surface area (Å²) >= 11 is 0. The number of nitrogens with zero attached hydrogens (tertiary/aromatic N) is 2. The van der Waals surface area contributed by atoms with Gasteiger partial charge < -0.3 is 9.80 Å². The molecule has 4 nitrogen and oxygen atoms in total. The zero-order valence-electron chi connectivity index (χ0n) is 17.3. The number of carbonyl (C=O) groups excluding carboxylic acids is 2. The van der Waals surface area contributed by atoms with E-state index in [4.69, 9.17) is 0 Å². The Hall–Kier alpha value is -0.740. The van der Waals surface area contributed by atoms with Crippen molar-refractivity contribution in [3.05, 3.63) is 0 Å². The van der Waals surface area contributed by atoms with Crippen molar-refractivity contribution in [1.82, 2.24) is 9.80 Å². The van der Waals surface area contributed by atoms with Crippen LogP contribution in [0.25, 0.3) is 0 Å². The van der Waals surface area contributed by atoms with E-state index in [9.17, 15) is 9.59 Å². The molecule has 0 aliphatic heterocycles. The first kappa shape index (κ1) is 24.3. The Bertz CT molecular complexity index is 301. The first-order valence-electron chi connectivity index (χ1n) is 10.5. The van der Waals surface area contributed by atoms with Crippen molar-refractivity contribution in [2.75, 3.05) is 39.3 Å². The molecular weight excluding hydrogens is 312 g/mol. The maximum absolute atomic E-state index is 12.0. The van der Waals surface area contributed by atoms with E-state index >= 15 is 0 Å². The molecule has 25 heavy (non-hydrogen) atoms. The van der Waals surface area contributed by atoms with Crippen LogP contribution < -0.4 is 0 Å². The van der Waals surface area contributed by atoms with Gasteiger partial charge in [-0.3, -0.25) is 9.59 Å². The lowest BCUT2D eigenvalue weighted by atomic mass is 10.1. The molecule has 0 aromatic carbocycles. The van der Waals surface area contributed by atoms with Gasteiger partial charge in [-0.15, -0.1) is 0 Å². The number of ketones is 2. The Morgan fingerprint density at radius 3 is 1.16 bits per heavy atom. The summed E-state index contributed by atoms with van der Waals surface area (Å²) < 4.78 is 0. The molecule has 0 aromatic heterocycles. The molecular formula is C21H42N2O2. The zero-order valence-corrected chi connectivity index (χ0v) is 17.3. The molecule has 0 bridgehead atoms. The molecule has 0 amide bonds. The van der Waals surface area contributed by atoms with Crippen LogP contribution in [0.2, 0.25) is 0 Å². The Labute approximate surface area is 156 Å². The fraction of sp³-hybridized carbons (Fsp3) is 0.905. The second kappa shape index (κ2) is 16.7. The largest absolute Gasteiger partial charge is 0.303 e. The standard InChI is InChI=1S/C21H42N2O2/c1-5-13-22(14-6-2)17-9-11-20(24)19-21(25)12-10-18-23(15-7-3)16-8-4/h5-19H2,1-4H3. The molecule has 0 spiro atoms. The van der Waals surface area contributed by atoms with E-state index in [1.165, 1.54) is 0 Å². The van der Waals surface area contributed by atoms with Crippen LogP contribution in [0.1, 0.15) is 85.5 Å². The van der Waals surface area contributed by atoms with Crippen LogP contribution in [-0.2, 0) is 9.59 Å². The zero-order chi connectivity index (χ0) is 18.9. The Balaban J connectivity index is 3.88. The predicted octanol–water partition coefficient (Wildman–Crippen LogP) is 4.32. The van der Waals surface area contributed by atoms with E-state index in [1.807, 2.05) is 0 Å². The minimum atomic E-state index is 0.122. The van der Waals surface area contributed by atoms with Crippen molar-refractivity contribution >= 4 is 11.6 Å². The van der Waals surface area contributed by atoms with Crippen LogP contribution in [0.3, 0.4) is 0 Å². The highest BCUT2D eigenvalue weighted by molar-refractivity contribution is 5.98. The molecule has 0 unspecified atom stereocenters. The maximum atomic E-state index is 12.0. The lowest BCUT2D eigenvalue weighted by Crippen LogP contribution is -2.27. The molecule has 0 radical (unpaired) electrons. The van der Waals surface area contributed by atoms with Crippen molar-refractivity contribution in [1.29, 1.82) is 0 Å². The molecule has 0 aromatic rings. The van der Waals surface area contributed by atoms with Gasteiger partial charge in [0.05, 0.1) is 6.42 Å². The van der Waals surface area contributed by atoms with E-state index in [0.29, 0.717) is 12.8 Å². The molecule has 0 aliphatic carbocycles. The van der Waals surface area contributed by atoms with Crippen molar-refractivity contribution in [2.24, 2.45) is 0 Å². The average molecular weight is 355 g/mol. The highest BCUT2D eigenvalue weighted by Gasteiger charge is 2.11. The highest BCUT2D eigenvalue weighted by atomic mass is 16.1. The third-order valence-corrected chi connectivity index (χ3v) is 4.41. The summed E-state index contributed by atoms with van der Waals surface area (Å²) in [5.41, 5.74) is 0. The quantitative estimate of drug-likeness (QED) is 0.344. The summed E-state index contributed by atoms with van der Waals surface area (Å²) in [7, 11) is 0. The van der Waals surface area contributed by atoms with E-state index < -0.39 is 0 Å². The third-order valence-electron chi connectivity index (χ3n) is 4.41. The lowest BCUT2D eigenvalue weighted by Gasteiger charge is -2.20. The smallest absolute Gasteiger partial charge is 0.140 e. The molecule has 0 fully saturated rings. The number of hydrogen-bond donors (Lipinski definition) is 0. The van der Waals surface area contributed by atoms with Crippen LogP contribution in [-0.4, -0.2) is 60.6 Å². The van der Waals surface area contributed by atoms with E-state index in [0.717, 1.165) is 77.8 Å². The molecule has 0 heterocycles. The fourth-order valence-electron chi connectivity index (χ4n) is 3.33. The van der Waals surface area contributed by atoms with Crippen molar-refractivity contribution < 1.29 is 9.59 Å². The third kappa shape index (κ3) is 14.1. The van der Waals surface area contributed by atoms with Gasteiger partial charge in [0, 0.05) is 12.8 Å². The maximum Gasteiger partial charge on any atom is 0.140 e. The summed E-state index contributed by atoms with van der Waals surface area (Å²) in [5, 5.41) is 0. The highest BCUT2D eigenvalue weighted by Crippen LogP contribution is 2.05. The van der Waals surface area contributed by atoms with Crippen LogP contribution in [0.15, 0.2) is 0 Å². The average Bonchev–Trinajstić information content (AvgIpc) is 2.55. The molecule has 148 valence electrons. The second-order valence-corrected chi connectivity index (χ2v) is 7.14. The minimum absolute atomic E-state index is 0.122. The first-order chi connectivity index (χ1) is 12.1. The molecule has 0 saturated heterocycles. The normalized spacial score (nSPS) is 11.4. The Kier molecular flexibility index (Phi) is 16.2. The number of Topliss-reactive ketones (excluding diaryl/α,β-unsaturated/α-hetero) is 2. The molecule has 4 heteroatoms. The fourth-order valence-corrected chi connectivity index (χ4v) is 3.33. The SMILES string of the molecule is CCCN(CCC)CCCC(=O)CC(=O)CCCN(CCC)CCC. The molecule has 0 saturated carbocycles. The van der Waals surface area contributed by atoms with Gasteiger partial charge in [0.15, 0.2) is 0 Å². The minimum Gasteiger partial charge on any atom is -0.303 e. The molecule has 0 atom stereocenters. The first-order valence-corrected chi connectivity index (χ1v) is 10.5. The number of hydrogen-bond acceptors (Lipinski definition) is 4. The van der Waals surface area contributed by atoms with Crippen molar-refractivity contribution in [3.8, 4) is 0 Å². The molecule has 0 N–H and O–H groups in total. The lowest BCUT2D eigenvalue weighted by molar-refractivity contribution is -0.127. The Morgan fingerprint density at radius 2 is 0.880 bits per heavy atom.